The van der Waals surface area contributed by atoms with Gasteiger partial charge >= 0.3 is 0 Å². The van der Waals surface area contributed by atoms with Gasteiger partial charge in [-0.05, 0) is 17.7 Å². The van der Waals surface area contributed by atoms with Crippen LogP contribution in [0.15, 0.2) is 29.7 Å². The monoisotopic (exact) mass is 317 g/mol. The smallest absolute Gasteiger partial charge is 0.191 e. The van der Waals surface area contributed by atoms with Gasteiger partial charge < -0.3 is 9.30 Å². The molecule has 0 aliphatic heterocycles. The molecule has 0 aliphatic rings. The molecule has 0 fully saturated rings. The second-order valence-electron chi connectivity index (χ2n) is 3.82. The SMILES string of the molecule is COCCn1cnnc1SCc1ccc(Cl)cc1Cl. The molecule has 4 nitrogen and oxygen atoms in total. The van der Waals surface area contributed by atoms with Crippen molar-refractivity contribution in [2.75, 3.05) is 13.7 Å². The Bertz CT molecular complexity index is 548. The zero-order valence-corrected chi connectivity index (χ0v) is 12.7. The first kappa shape index (κ1) is 14.7. The molecule has 0 aliphatic carbocycles. The van der Waals surface area contributed by atoms with Crippen molar-refractivity contribution in [2.24, 2.45) is 0 Å². The number of benzene rings is 1. The van der Waals surface area contributed by atoms with E-state index >= 15 is 0 Å². The van der Waals surface area contributed by atoms with Gasteiger partial charge in [-0.3, -0.25) is 0 Å². The van der Waals surface area contributed by atoms with Crippen molar-refractivity contribution in [3.05, 3.63) is 40.1 Å². The molecule has 2 rings (SSSR count). The summed E-state index contributed by atoms with van der Waals surface area (Å²) < 4.78 is 7.00. The Morgan fingerprint density at radius 2 is 2.21 bits per heavy atom. The minimum Gasteiger partial charge on any atom is -0.383 e. The summed E-state index contributed by atoms with van der Waals surface area (Å²) >= 11 is 13.6. The van der Waals surface area contributed by atoms with Crippen molar-refractivity contribution in [3.8, 4) is 0 Å². The van der Waals surface area contributed by atoms with Gasteiger partial charge in [0, 0.05) is 29.5 Å². The summed E-state index contributed by atoms with van der Waals surface area (Å²) in [5.74, 6) is 0.724. The second-order valence-corrected chi connectivity index (χ2v) is 5.61. The number of thioether (sulfide) groups is 1. The summed E-state index contributed by atoms with van der Waals surface area (Å²) in [4.78, 5) is 0. The normalized spacial score (nSPS) is 10.9. The molecule has 0 spiro atoms. The van der Waals surface area contributed by atoms with Crippen molar-refractivity contribution >= 4 is 35.0 Å². The van der Waals surface area contributed by atoms with Crippen LogP contribution in [0.1, 0.15) is 5.56 Å². The number of hydrogen-bond donors (Lipinski definition) is 0. The highest BCUT2D eigenvalue weighted by Gasteiger charge is 2.07. The molecule has 0 amide bonds. The van der Waals surface area contributed by atoms with E-state index in [1.165, 1.54) is 0 Å². The maximum atomic E-state index is 6.13. The summed E-state index contributed by atoms with van der Waals surface area (Å²) in [6, 6.07) is 5.50. The maximum absolute atomic E-state index is 6.13. The molecule has 1 aromatic heterocycles. The van der Waals surface area contributed by atoms with Crippen LogP contribution in [0, 0.1) is 0 Å². The average Bonchev–Trinajstić information content (AvgIpc) is 2.83. The molecule has 0 saturated heterocycles. The van der Waals surface area contributed by atoms with E-state index in [4.69, 9.17) is 27.9 Å². The zero-order chi connectivity index (χ0) is 13.7. The van der Waals surface area contributed by atoms with Crippen LogP contribution in [0.5, 0.6) is 0 Å². The fraction of sp³-hybridized carbons (Fsp3) is 0.333. The lowest BCUT2D eigenvalue weighted by Crippen LogP contribution is -2.04. The van der Waals surface area contributed by atoms with Crippen LogP contribution in [0.4, 0.5) is 0 Å². The standard InChI is InChI=1S/C12H13Cl2N3OS/c1-18-5-4-17-8-15-16-12(17)19-7-9-2-3-10(13)6-11(9)14/h2-3,6,8H,4-5,7H2,1H3. The highest BCUT2D eigenvalue weighted by Crippen LogP contribution is 2.27. The van der Waals surface area contributed by atoms with Gasteiger partial charge in [0.15, 0.2) is 5.16 Å². The van der Waals surface area contributed by atoms with Crippen molar-refractivity contribution < 1.29 is 4.74 Å². The van der Waals surface area contributed by atoms with Crippen molar-refractivity contribution in [3.63, 3.8) is 0 Å². The lowest BCUT2D eigenvalue weighted by Gasteiger charge is -2.06. The van der Waals surface area contributed by atoms with Crippen LogP contribution >= 0.6 is 35.0 Å². The van der Waals surface area contributed by atoms with Gasteiger partial charge in [-0.2, -0.15) is 0 Å². The average molecular weight is 318 g/mol. The number of aromatic nitrogens is 3. The molecular formula is C12H13Cl2N3OS. The van der Waals surface area contributed by atoms with E-state index in [-0.39, 0.29) is 0 Å². The van der Waals surface area contributed by atoms with Crippen LogP contribution in [-0.4, -0.2) is 28.5 Å². The fourth-order valence-corrected chi connectivity index (χ4v) is 2.98. The van der Waals surface area contributed by atoms with Gasteiger partial charge in [0.25, 0.3) is 0 Å². The summed E-state index contributed by atoms with van der Waals surface area (Å²) in [5, 5.41) is 10.1. The van der Waals surface area contributed by atoms with Gasteiger partial charge in [0.2, 0.25) is 0 Å². The molecular weight excluding hydrogens is 305 g/mol. The topological polar surface area (TPSA) is 39.9 Å². The van der Waals surface area contributed by atoms with E-state index in [2.05, 4.69) is 10.2 Å². The molecule has 0 radical (unpaired) electrons. The zero-order valence-electron chi connectivity index (χ0n) is 10.3. The van der Waals surface area contributed by atoms with E-state index < -0.39 is 0 Å². The second kappa shape index (κ2) is 7.14. The molecule has 0 N–H and O–H groups in total. The van der Waals surface area contributed by atoms with Gasteiger partial charge in [0.05, 0.1) is 6.61 Å². The Hall–Kier alpha value is -0.750. The highest BCUT2D eigenvalue weighted by molar-refractivity contribution is 7.98. The first-order chi connectivity index (χ1) is 9.20. The fourth-order valence-electron chi connectivity index (χ4n) is 1.48. The Morgan fingerprint density at radius 1 is 1.37 bits per heavy atom. The largest absolute Gasteiger partial charge is 0.383 e. The number of nitrogens with zero attached hydrogens (tertiary/aromatic N) is 3. The molecule has 1 aromatic carbocycles. The van der Waals surface area contributed by atoms with Crippen molar-refractivity contribution in [1.82, 2.24) is 14.8 Å². The number of ether oxygens (including phenoxy) is 1. The predicted octanol–water partition coefficient (Wildman–Crippen LogP) is 3.52. The van der Waals surface area contributed by atoms with Gasteiger partial charge in [-0.25, -0.2) is 0 Å². The summed E-state index contributed by atoms with van der Waals surface area (Å²) in [6.07, 6.45) is 1.70. The van der Waals surface area contributed by atoms with E-state index in [1.807, 2.05) is 16.7 Å². The molecule has 0 atom stereocenters. The van der Waals surface area contributed by atoms with Crippen molar-refractivity contribution in [2.45, 2.75) is 17.5 Å². The van der Waals surface area contributed by atoms with Gasteiger partial charge in [-0.15, -0.1) is 10.2 Å². The third kappa shape index (κ3) is 4.11. The van der Waals surface area contributed by atoms with Crippen LogP contribution in [0.25, 0.3) is 0 Å². The summed E-state index contributed by atoms with van der Waals surface area (Å²) in [6.45, 7) is 1.37. The first-order valence-corrected chi connectivity index (χ1v) is 7.38. The summed E-state index contributed by atoms with van der Waals surface area (Å²) in [5.41, 5.74) is 1.03. The minimum absolute atomic E-state index is 0.632. The number of methoxy groups -OCH3 is 1. The Morgan fingerprint density at radius 3 is 2.95 bits per heavy atom. The molecule has 0 saturated carbocycles. The first-order valence-electron chi connectivity index (χ1n) is 5.64. The van der Waals surface area contributed by atoms with Crippen LogP contribution in [0.3, 0.4) is 0 Å². The molecule has 0 bridgehead atoms. The van der Waals surface area contributed by atoms with Crippen molar-refractivity contribution in [1.29, 1.82) is 0 Å². The molecule has 2 aromatic rings. The number of halogens is 2. The Balaban J connectivity index is 2.00. The third-order valence-electron chi connectivity index (χ3n) is 2.49. The molecule has 19 heavy (non-hydrogen) atoms. The molecule has 102 valence electrons. The predicted molar refractivity (Wildman–Crippen MR) is 77.9 cm³/mol. The molecule has 0 unspecified atom stereocenters. The Kier molecular flexibility index (Phi) is 5.51. The van der Waals surface area contributed by atoms with Crippen LogP contribution in [-0.2, 0) is 17.0 Å². The summed E-state index contributed by atoms with van der Waals surface area (Å²) in [7, 11) is 1.67. The quantitative estimate of drug-likeness (QED) is 0.764. The van der Waals surface area contributed by atoms with E-state index in [1.54, 1.807) is 31.3 Å². The van der Waals surface area contributed by atoms with Gasteiger partial charge in [0.1, 0.15) is 6.33 Å². The van der Waals surface area contributed by atoms with Gasteiger partial charge in [-0.1, -0.05) is 41.0 Å². The minimum atomic E-state index is 0.632. The number of hydrogen-bond acceptors (Lipinski definition) is 4. The van der Waals surface area contributed by atoms with E-state index in [0.717, 1.165) is 23.0 Å². The van der Waals surface area contributed by atoms with E-state index in [9.17, 15) is 0 Å². The third-order valence-corrected chi connectivity index (χ3v) is 4.10. The Labute approximate surface area is 126 Å². The molecule has 1 heterocycles. The van der Waals surface area contributed by atoms with Crippen LogP contribution in [0.2, 0.25) is 10.0 Å². The maximum Gasteiger partial charge on any atom is 0.191 e. The highest BCUT2D eigenvalue weighted by atomic mass is 35.5. The van der Waals surface area contributed by atoms with E-state index in [0.29, 0.717) is 16.7 Å². The lowest BCUT2D eigenvalue weighted by atomic mass is 10.2. The molecule has 7 heteroatoms. The van der Waals surface area contributed by atoms with Crippen LogP contribution < -0.4 is 0 Å². The lowest BCUT2D eigenvalue weighted by molar-refractivity contribution is 0.184. The number of rotatable bonds is 6.